The minimum absolute atomic E-state index is 0.223. The zero-order valence-corrected chi connectivity index (χ0v) is 15.2. The van der Waals surface area contributed by atoms with Gasteiger partial charge in [0.05, 0.1) is 16.3 Å². The van der Waals surface area contributed by atoms with Crippen LogP contribution >= 0.6 is 11.8 Å². The van der Waals surface area contributed by atoms with Gasteiger partial charge in [-0.25, -0.2) is 0 Å². The second-order valence-corrected chi connectivity index (χ2v) is 6.70. The maximum atomic E-state index is 12.2. The van der Waals surface area contributed by atoms with E-state index < -0.39 is 0 Å². The van der Waals surface area contributed by atoms with Gasteiger partial charge in [-0.2, -0.15) is 10.4 Å². The highest BCUT2D eigenvalue weighted by Crippen LogP contribution is 2.31. The van der Waals surface area contributed by atoms with E-state index in [0.29, 0.717) is 16.2 Å². The number of pyridine rings is 1. The topological polar surface area (TPSA) is 121 Å². The molecule has 0 radical (unpaired) electrons. The van der Waals surface area contributed by atoms with E-state index >= 15 is 0 Å². The predicted octanol–water partition coefficient (Wildman–Crippen LogP) is 2.90. The van der Waals surface area contributed by atoms with Crippen LogP contribution in [0.3, 0.4) is 0 Å². The van der Waals surface area contributed by atoms with E-state index in [2.05, 4.69) is 16.2 Å². The second kappa shape index (κ2) is 8.25. The molecule has 0 bridgehead atoms. The first-order chi connectivity index (χ1) is 13.1. The number of aromatic nitrogens is 1. The van der Waals surface area contributed by atoms with Gasteiger partial charge < -0.3 is 16.6 Å². The average Bonchev–Trinajstić information content (AvgIpc) is 2.72. The molecule has 1 aromatic heterocycles. The lowest BCUT2D eigenvalue weighted by Gasteiger charge is -2.10. The minimum atomic E-state index is -0.292. The summed E-state index contributed by atoms with van der Waals surface area (Å²) >= 11 is 1.21. The first-order valence-electron chi connectivity index (χ1n) is 8.10. The number of rotatable bonds is 5. The van der Waals surface area contributed by atoms with Gasteiger partial charge in [0.1, 0.15) is 11.9 Å². The van der Waals surface area contributed by atoms with Crippen molar-refractivity contribution in [1.29, 1.82) is 5.26 Å². The average molecular weight is 375 g/mol. The van der Waals surface area contributed by atoms with E-state index in [0.717, 1.165) is 16.7 Å². The Bertz CT molecular complexity index is 1080. The lowest BCUT2D eigenvalue weighted by atomic mass is 9.97. The molecule has 0 saturated heterocycles. The second-order valence-electron chi connectivity index (χ2n) is 5.72. The molecule has 27 heavy (non-hydrogen) atoms. The van der Waals surface area contributed by atoms with Crippen LogP contribution in [0.1, 0.15) is 5.56 Å². The van der Waals surface area contributed by atoms with Gasteiger partial charge in [-0.05, 0) is 22.8 Å². The summed E-state index contributed by atoms with van der Waals surface area (Å²) in [5, 5.41) is 13.5. The summed E-state index contributed by atoms with van der Waals surface area (Å²) in [5.74, 6) is 5.64. The fourth-order valence-electron chi connectivity index (χ4n) is 2.66. The van der Waals surface area contributed by atoms with Crippen LogP contribution in [0.15, 0.2) is 75.6 Å². The van der Waals surface area contributed by atoms with Crippen molar-refractivity contribution in [3.8, 4) is 28.3 Å². The molecule has 0 aliphatic rings. The zero-order valence-electron chi connectivity index (χ0n) is 14.3. The number of benzene rings is 2. The number of thioether (sulfide) groups is 1. The number of H-pyrrole nitrogens is 1. The highest BCUT2D eigenvalue weighted by atomic mass is 32.2. The standard InChI is InChI=1S/C20H17N5OS/c21-11-17-16(10-19(26)24-20(17)27-12-18(22)25-23)15-8-4-7-14(9-15)13-5-2-1-3-6-13/h1-10H,12,23H2,(H2,22,25)(H,24,26). The number of amidine groups is 1. The lowest BCUT2D eigenvalue weighted by molar-refractivity contribution is 1.06. The maximum Gasteiger partial charge on any atom is 0.249 e. The highest BCUT2D eigenvalue weighted by Gasteiger charge is 2.14. The summed E-state index contributed by atoms with van der Waals surface area (Å²) in [4.78, 5) is 14.9. The molecule has 0 atom stereocenters. The van der Waals surface area contributed by atoms with E-state index in [1.54, 1.807) is 0 Å². The first kappa shape index (κ1) is 18.3. The van der Waals surface area contributed by atoms with Crippen LogP contribution in [0.25, 0.3) is 22.3 Å². The van der Waals surface area contributed by atoms with Crippen molar-refractivity contribution in [2.45, 2.75) is 5.03 Å². The van der Waals surface area contributed by atoms with Gasteiger partial charge in [-0.1, -0.05) is 60.3 Å². The minimum Gasteiger partial charge on any atom is -0.385 e. The van der Waals surface area contributed by atoms with E-state index in [4.69, 9.17) is 11.6 Å². The monoisotopic (exact) mass is 375 g/mol. The van der Waals surface area contributed by atoms with E-state index in [1.165, 1.54) is 17.8 Å². The maximum absolute atomic E-state index is 12.2. The van der Waals surface area contributed by atoms with Gasteiger partial charge in [0, 0.05) is 11.6 Å². The highest BCUT2D eigenvalue weighted by molar-refractivity contribution is 8.00. The molecule has 7 heteroatoms. The summed E-state index contributed by atoms with van der Waals surface area (Å²) in [6.07, 6.45) is 0. The number of nitrogens with two attached hydrogens (primary N) is 2. The molecule has 0 aliphatic heterocycles. The van der Waals surface area contributed by atoms with Crippen LogP contribution in [0.5, 0.6) is 0 Å². The number of nitrogens with zero attached hydrogens (tertiary/aromatic N) is 2. The Kier molecular flexibility index (Phi) is 5.59. The van der Waals surface area contributed by atoms with E-state index in [-0.39, 0.29) is 17.1 Å². The number of aromatic amines is 1. The van der Waals surface area contributed by atoms with Gasteiger partial charge in [0.2, 0.25) is 5.56 Å². The quantitative estimate of drug-likeness (QED) is 0.208. The summed E-state index contributed by atoms with van der Waals surface area (Å²) < 4.78 is 0. The van der Waals surface area contributed by atoms with Crippen molar-refractivity contribution >= 4 is 17.6 Å². The van der Waals surface area contributed by atoms with Crippen LogP contribution in [0, 0.1) is 11.3 Å². The number of hydrazone groups is 1. The van der Waals surface area contributed by atoms with E-state index in [1.807, 2.05) is 54.6 Å². The van der Waals surface area contributed by atoms with Crippen molar-refractivity contribution in [2.24, 2.45) is 16.7 Å². The number of hydrogen-bond donors (Lipinski definition) is 3. The van der Waals surface area contributed by atoms with Gasteiger partial charge in [-0.15, -0.1) is 0 Å². The summed E-state index contributed by atoms with van der Waals surface area (Å²) in [5.41, 5.74) is 9.14. The molecule has 2 aromatic carbocycles. The molecular formula is C20H17N5OS. The molecule has 6 nitrogen and oxygen atoms in total. The Morgan fingerprint density at radius 3 is 2.48 bits per heavy atom. The summed E-state index contributed by atoms with van der Waals surface area (Å²) in [6, 6.07) is 21.3. The molecule has 3 aromatic rings. The normalized spacial score (nSPS) is 11.1. The molecular weight excluding hydrogens is 358 g/mol. The number of hydrogen-bond acceptors (Lipinski definition) is 5. The summed E-state index contributed by atoms with van der Waals surface area (Å²) in [6.45, 7) is 0. The summed E-state index contributed by atoms with van der Waals surface area (Å²) in [7, 11) is 0. The molecule has 0 amide bonds. The molecule has 0 aliphatic carbocycles. The Labute approximate surface area is 160 Å². The first-order valence-corrected chi connectivity index (χ1v) is 9.09. The Morgan fingerprint density at radius 2 is 1.78 bits per heavy atom. The fourth-order valence-corrected chi connectivity index (χ4v) is 3.50. The molecule has 134 valence electrons. The molecule has 0 unspecified atom stereocenters. The number of nitriles is 1. The van der Waals surface area contributed by atoms with Crippen molar-refractivity contribution < 1.29 is 0 Å². The molecule has 1 heterocycles. The Morgan fingerprint density at radius 1 is 1.07 bits per heavy atom. The van der Waals surface area contributed by atoms with Gasteiger partial charge in [-0.3, -0.25) is 4.79 Å². The smallest absolute Gasteiger partial charge is 0.249 e. The molecule has 5 N–H and O–H groups in total. The van der Waals surface area contributed by atoms with Crippen LogP contribution in [0.4, 0.5) is 0 Å². The molecule has 3 rings (SSSR count). The van der Waals surface area contributed by atoms with Gasteiger partial charge >= 0.3 is 0 Å². The predicted molar refractivity (Wildman–Crippen MR) is 109 cm³/mol. The Balaban J connectivity index is 2.08. The van der Waals surface area contributed by atoms with Crippen LogP contribution in [0.2, 0.25) is 0 Å². The third-order valence-electron chi connectivity index (χ3n) is 3.93. The van der Waals surface area contributed by atoms with Crippen LogP contribution < -0.4 is 17.1 Å². The van der Waals surface area contributed by atoms with Crippen molar-refractivity contribution in [1.82, 2.24) is 4.98 Å². The van der Waals surface area contributed by atoms with Crippen molar-refractivity contribution in [3.63, 3.8) is 0 Å². The number of nitrogens with one attached hydrogen (secondary N) is 1. The zero-order chi connectivity index (χ0) is 19.2. The SMILES string of the molecule is N#Cc1c(-c2cccc(-c3ccccc3)c2)cc(=O)[nH]c1SC/C(N)=N/N. The molecule has 0 spiro atoms. The van der Waals surface area contributed by atoms with Gasteiger partial charge in [0.25, 0.3) is 0 Å². The lowest BCUT2D eigenvalue weighted by Crippen LogP contribution is -2.17. The third-order valence-corrected chi connectivity index (χ3v) is 4.97. The molecule has 0 fully saturated rings. The Hall–Kier alpha value is -3.50. The van der Waals surface area contributed by atoms with Crippen LogP contribution in [-0.4, -0.2) is 16.6 Å². The van der Waals surface area contributed by atoms with Crippen molar-refractivity contribution in [2.75, 3.05) is 5.75 Å². The molecule has 0 saturated carbocycles. The third kappa shape index (κ3) is 4.19. The van der Waals surface area contributed by atoms with Crippen LogP contribution in [-0.2, 0) is 0 Å². The van der Waals surface area contributed by atoms with E-state index in [9.17, 15) is 10.1 Å². The largest absolute Gasteiger partial charge is 0.385 e. The van der Waals surface area contributed by atoms with Crippen molar-refractivity contribution in [3.05, 3.63) is 76.6 Å². The van der Waals surface area contributed by atoms with Gasteiger partial charge in [0.15, 0.2) is 0 Å². The fraction of sp³-hybridized carbons (Fsp3) is 0.0500.